The fourth-order valence-corrected chi connectivity index (χ4v) is 2.34. The molecule has 0 saturated heterocycles. The van der Waals surface area contributed by atoms with Gasteiger partial charge in [-0.15, -0.1) is 0 Å². The zero-order chi connectivity index (χ0) is 13.4. The summed E-state index contributed by atoms with van der Waals surface area (Å²) in [6, 6.07) is 20.2. The number of nitrogens with zero attached hydrogens (tertiary/aromatic N) is 3. The summed E-state index contributed by atoms with van der Waals surface area (Å²) >= 11 is 0. The van der Waals surface area contributed by atoms with Crippen LogP contribution in [0.4, 0.5) is 0 Å². The topological polar surface area (TPSA) is 46.5 Å². The van der Waals surface area contributed by atoms with Crippen molar-refractivity contribution in [3.05, 3.63) is 67.0 Å². The molecule has 4 aromatic rings. The summed E-state index contributed by atoms with van der Waals surface area (Å²) in [7, 11) is 0. The minimum Gasteiger partial charge on any atom is -0.281 e. The van der Waals surface area contributed by atoms with E-state index in [0.29, 0.717) is 0 Å². The van der Waals surface area contributed by atoms with Gasteiger partial charge < -0.3 is 0 Å². The molecule has 2 aromatic heterocycles. The first kappa shape index (κ1) is 11.0. The number of H-pyrrole nitrogens is 1. The minimum absolute atomic E-state index is 0.845. The van der Waals surface area contributed by atoms with Gasteiger partial charge in [-0.3, -0.25) is 9.67 Å². The summed E-state index contributed by atoms with van der Waals surface area (Å²) in [6.45, 7) is 0. The molecule has 4 heteroatoms. The molecule has 0 spiro atoms. The van der Waals surface area contributed by atoms with Crippen molar-refractivity contribution in [3.63, 3.8) is 0 Å². The molecule has 0 aliphatic heterocycles. The number of aromatic amines is 1. The van der Waals surface area contributed by atoms with Gasteiger partial charge in [0.15, 0.2) is 5.82 Å². The van der Waals surface area contributed by atoms with E-state index in [9.17, 15) is 0 Å². The average Bonchev–Trinajstić information content (AvgIpc) is 3.14. The number of imidazole rings is 1. The van der Waals surface area contributed by atoms with Crippen LogP contribution in [0.3, 0.4) is 0 Å². The van der Waals surface area contributed by atoms with Crippen LogP contribution in [0, 0.1) is 0 Å². The zero-order valence-electron chi connectivity index (χ0n) is 10.7. The Labute approximate surface area is 115 Å². The summed E-state index contributed by atoms with van der Waals surface area (Å²) < 4.78 is 1.98. The third-order valence-corrected chi connectivity index (χ3v) is 3.35. The van der Waals surface area contributed by atoms with E-state index < -0.39 is 0 Å². The molecule has 20 heavy (non-hydrogen) atoms. The van der Waals surface area contributed by atoms with E-state index in [1.165, 1.54) is 0 Å². The van der Waals surface area contributed by atoms with Gasteiger partial charge in [-0.1, -0.05) is 42.5 Å². The van der Waals surface area contributed by atoms with Crippen molar-refractivity contribution in [1.29, 1.82) is 0 Å². The standard InChI is InChI=1S/C16H12N4/c1-2-6-12(7-3-1)14-10-16(19-18-14)20-11-17-13-8-4-5-9-15(13)20/h1-11H,(H,18,19). The average molecular weight is 260 g/mol. The van der Waals surface area contributed by atoms with Crippen molar-refractivity contribution in [3.8, 4) is 17.1 Å². The Morgan fingerprint density at radius 2 is 1.70 bits per heavy atom. The van der Waals surface area contributed by atoms with Crippen LogP contribution < -0.4 is 0 Å². The fraction of sp³-hybridized carbons (Fsp3) is 0. The Balaban J connectivity index is 1.82. The van der Waals surface area contributed by atoms with Crippen molar-refractivity contribution in [2.45, 2.75) is 0 Å². The van der Waals surface area contributed by atoms with Gasteiger partial charge in [0.25, 0.3) is 0 Å². The highest BCUT2D eigenvalue weighted by Gasteiger charge is 2.08. The lowest BCUT2D eigenvalue weighted by molar-refractivity contribution is 0.977. The lowest BCUT2D eigenvalue weighted by Gasteiger charge is -1.97. The first-order chi connectivity index (χ1) is 9.92. The summed E-state index contributed by atoms with van der Waals surface area (Å²) in [5, 5.41) is 7.46. The van der Waals surface area contributed by atoms with Crippen LogP contribution >= 0.6 is 0 Å². The number of rotatable bonds is 2. The van der Waals surface area contributed by atoms with Crippen LogP contribution in [0.2, 0.25) is 0 Å². The van der Waals surface area contributed by atoms with Gasteiger partial charge in [0, 0.05) is 6.07 Å². The highest BCUT2D eigenvalue weighted by atomic mass is 15.2. The predicted octanol–water partition coefficient (Wildman–Crippen LogP) is 3.42. The number of hydrogen-bond acceptors (Lipinski definition) is 2. The van der Waals surface area contributed by atoms with E-state index in [-0.39, 0.29) is 0 Å². The van der Waals surface area contributed by atoms with Gasteiger partial charge in [0.2, 0.25) is 0 Å². The molecular formula is C16H12N4. The van der Waals surface area contributed by atoms with Crippen LogP contribution in [0.5, 0.6) is 0 Å². The van der Waals surface area contributed by atoms with Gasteiger partial charge in [-0.2, -0.15) is 5.10 Å². The Bertz CT molecular complexity index is 858. The molecule has 2 heterocycles. The van der Waals surface area contributed by atoms with Crippen molar-refractivity contribution >= 4 is 11.0 Å². The molecule has 0 fully saturated rings. The van der Waals surface area contributed by atoms with Crippen LogP contribution in [-0.4, -0.2) is 19.7 Å². The Kier molecular flexibility index (Phi) is 2.39. The lowest BCUT2D eigenvalue weighted by Crippen LogP contribution is -1.91. The summed E-state index contributed by atoms with van der Waals surface area (Å²) in [4.78, 5) is 4.39. The number of benzene rings is 2. The number of nitrogens with one attached hydrogen (secondary N) is 1. The number of fused-ring (bicyclic) bond motifs is 1. The van der Waals surface area contributed by atoms with E-state index in [1.54, 1.807) is 6.33 Å². The molecule has 1 N–H and O–H groups in total. The Morgan fingerprint density at radius 1 is 0.900 bits per heavy atom. The van der Waals surface area contributed by atoms with Crippen LogP contribution in [-0.2, 0) is 0 Å². The van der Waals surface area contributed by atoms with Crippen LogP contribution in [0.15, 0.2) is 67.0 Å². The highest BCUT2D eigenvalue weighted by Crippen LogP contribution is 2.21. The SMILES string of the molecule is c1ccc(-c2cc(-n3cnc4ccccc43)n[nH]2)cc1. The van der Waals surface area contributed by atoms with Crippen LogP contribution in [0.25, 0.3) is 28.1 Å². The highest BCUT2D eigenvalue weighted by molar-refractivity contribution is 5.77. The van der Waals surface area contributed by atoms with E-state index in [1.807, 2.05) is 53.1 Å². The Morgan fingerprint density at radius 3 is 2.60 bits per heavy atom. The van der Waals surface area contributed by atoms with E-state index in [4.69, 9.17) is 0 Å². The van der Waals surface area contributed by atoms with Crippen molar-refractivity contribution < 1.29 is 0 Å². The van der Waals surface area contributed by atoms with Crippen molar-refractivity contribution in [1.82, 2.24) is 19.7 Å². The molecule has 0 radical (unpaired) electrons. The van der Waals surface area contributed by atoms with Gasteiger partial charge in [0.05, 0.1) is 16.7 Å². The van der Waals surface area contributed by atoms with E-state index in [2.05, 4.69) is 27.3 Å². The lowest BCUT2D eigenvalue weighted by atomic mass is 10.1. The first-order valence-corrected chi connectivity index (χ1v) is 6.45. The van der Waals surface area contributed by atoms with E-state index >= 15 is 0 Å². The van der Waals surface area contributed by atoms with Gasteiger partial charge in [0.1, 0.15) is 6.33 Å². The maximum absolute atomic E-state index is 4.39. The maximum Gasteiger partial charge on any atom is 0.160 e. The molecule has 96 valence electrons. The minimum atomic E-state index is 0.845. The van der Waals surface area contributed by atoms with Crippen molar-refractivity contribution in [2.24, 2.45) is 0 Å². The summed E-state index contributed by atoms with van der Waals surface area (Å²) in [5.74, 6) is 0.845. The second-order valence-corrected chi connectivity index (χ2v) is 4.61. The van der Waals surface area contributed by atoms with Crippen molar-refractivity contribution in [2.75, 3.05) is 0 Å². The second kappa shape index (κ2) is 4.35. The normalized spacial score (nSPS) is 11.0. The summed E-state index contributed by atoms with van der Waals surface area (Å²) in [6.07, 6.45) is 1.80. The Hall–Kier alpha value is -2.88. The molecule has 0 atom stereocenters. The van der Waals surface area contributed by atoms with Crippen LogP contribution in [0.1, 0.15) is 0 Å². The molecule has 2 aromatic carbocycles. The van der Waals surface area contributed by atoms with Gasteiger partial charge in [-0.05, 0) is 17.7 Å². The fourth-order valence-electron chi connectivity index (χ4n) is 2.34. The smallest absolute Gasteiger partial charge is 0.160 e. The third-order valence-electron chi connectivity index (χ3n) is 3.35. The van der Waals surface area contributed by atoms with E-state index in [0.717, 1.165) is 28.1 Å². The molecule has 0 amide bonds. The number of aromatic nitrogens is 4. The molecule has 4 nitrogen and oxygen atoms in total. The molecule has 0 aliphatic rings. The second-order valence-electron chi connectivity index (χ2n) is 4.61. The number of hydrogen-bond donors (Lipinski definition) is 1. The molecule has 0 unspecified atom stereocenters. The maximum atomic E-state index is 4.39. The monoisotopic (exact) mass is 260 g/mol. The first-order valence-electron chi connectivity index (χ1n) is 6.45. The molecule has 0 aliphatic carbocycles. The summed E-state index contributed by atoms with van der Waals surface area (Å²) in [5.41, 5.74) is 4.14. The molecule has 0 bridgehead atoms. The quantitative estimate of drug-likeness (QED) is 0.600. The predicted molar refractivity (Wildman–Crippen MR) is 78.7 cm³/mol. The zero-order valence-corrected chi connectivity index (χ0v) is 10.7. The van der Waals surface area contributed by atoms with Gasteiger partial charge >= 0.3 is 0 Å². The third kappa shape index (κ3) is 1.70. The molecule has 4 rings (SSSR count). The largest absolute Gasteiger partial charge is 0.281 e. The van der Waals surface area contributed by atoms with Gasteiger partial charge in [-0.25, -0.2) is 4.98 Å². The molecular weight excluding hydrogens is 248 g/mol. The molecule has 0 saturated carbocycles. The number of para-hydroxylation sites is 2.